The topological polar surface area (TPSA) is 12.0 Å². The smallest absolute Gasteiger partial charge is 0.317 e. The van der Waals surface area contributed by atoms with Gasteiger partial charge in [-0.25, -0.2) is 0 Å². The van der Waals surface area contributed by atoms with Gasteiger partial charge in [-0.1, -0.05) is 0 Å². The summed E-state index contributed by atoms with van der Waals surface area (Å²) in [7, 11) is 0. The van der Waals surface area contributed by atoms with Crippen molar-refractivity contribution in [3.05, 3.63) is 0 Å². The van der Waals surface area contributed by atoms with Gasteiger partial charge in [0.2, 0.25) is 0 Å². The number of rotatable bonds is 7. The maximum Gasteiger partial charge on any atom is 0.389 e. The Labute approximate surface area is 75.5 Å². The van der Waals surface area contributed by atoms with Crippen molar-refractivity contribution in [1.82, 2.24) is 5.32 Å². The van der Waals surface area contributed by atoms with Crippen molar-refractivity contribution in [2.45, 2.75) is 31.9 Å². The maximum absolute atomic E-state index is 11.6. The van der Waals surface area contributed by atoms with Crippen LogP contribution in [0.25, 0.3) is 0 Å². The summed E-state index contributed by atoms with van der Waals surface area (Å²) in [6, 6.07) is 0. The lowest BCUT2D eigenvalue weighted by Gasteiger charge is -2.06. The van der Waals surface area contributed by atoms with Crippen LogP contribution < -0.4 is 5.32 Å². The molecule has 0 aromatic carbocycles. The van der Waals surface area contributed by atoms with Crippen LogP contribution in [0.1, 0.15) is 25.7 Å². The van der Waals surface area contributed by atoms with Gasteiger partial charge in [-0.05, 0) is 32.4 Å². The van der Waals surface area contributed by atoms with Gasteiger partial charge >= 0.3 is 6.18 Å². The van der Waals surface area contributed by atoms with Crippen LogP contribution >= 0.6 is 0 Å². The van der Waals surface area contributed by atoms with Crippen molar-refractivity contribution >= 4 is 0 Å². The number of alkyl halides is 4. The molecule has 0 aromatic heterocycles. The zero-order valence-electron chi connectivity index (χ0n) is 7.46. The zero-order chi connectivity index (χ0) is 10.2. The highest BCUT2D eigenvalue weighted by molar-refractivity contribution is 4.53. The summed E-state index contributed by atoms with van der Waals surface area (Å²) >= 11 is 0. The molecule has 0 aromatic rings. The van der Waals surface area contributed by atoms with E-state index in [0.29, 0.717) is 25.9 Å². The van der Waals surface area contributed by atoms with E-state index in [1.807, 2.05) is 0 Å². The Kier molecular flexibility index (Phi) is 6.94. The molecule has 0 fully saturated rings. The Morgan fingerprint density at radius 2 is 1.54 bits per heavy atom. The number of halogens is 4. The van der Waals surface area contributed by atoms with Crippen LogP contribution in [0.3, 0.4) is 0 Å². The van der Waals surface area contributed by atoms with Gasteiger partial charge in [0.25, 0.3) is 0 Å². The van der Waals surface area contributed by atoms with E-state index in [4.69, 9.17) is 0 Å². The summed E-state index contributed by atoms with van der Waals surface area (Å²) in [4.78, 5) is 0. The first-order chi connectivity index (χ1) is 6.06. The van der Waals surface area contributed by atoms with Crippen LogP contribution in [-0.4, -0.2) is 25.9 Å². The van der Waals surface area contributed by atoms with E-state index in [1.54, 1.807) is 0 Å². The summed E-state index contributed by atoms with van der Waals surface area (Å²) in [6.45, 7) is 0.703. The molecule has 13 heavy (non-hydrogen) atoms. The molecular weight excluding hydrogens is 186 g/mol. The van der Waals surface area contributed by atoms with Gasteiger partial charge in [-0.15, -0.1) is 0 Å². The van der Waals surface area contributed by atoms with E-state index in [1.165, 1.54) is 0 Å². The highest BCUT2D eigenvalue weighted by Gasteiger charge is 2.25. The van der Waals surface area contributed by atoms with E-state index in [-0.39, 0.29) is 13.1 Å². The van der Waals surface area contributed by atoms with Crippen LogP contribution in [0.5, 0.6) is 0 Å². The minimum absolute atomic E-state index is 0.145. The Bertz CT molecular complexity index is 113. The molecule has 0 rings (SSSR count). The molecule has 1 N–H and O–H groups in total. The normalized spacial score (nSPS) is 12.0. The number of hydrogen-bond donors (Lipinski definition) is 1. The fourth-order valence-electron chi connectivity index (χ4n) is 0.892. The maximum atomic E-state index is 11.6. The third-order valence-electron chi connectivity index (χ3n) is 1.55. The quantitative estimate of drug-likeness (QED) is 0.493. The molecule has 5 heteroatoms. The van der Waals surface area contributed by atoms with Crippen molar-refractivity contribution in [1.29, 1.82) is 0 Å². The van der Waals surface area contributed by atoms with Gasteiger partial charge in [0.05, 0.1) is 6.67 Å². The molecule has 0 aliphatic carbocycles. The number of hydrogen-bond acceptors (Lipinski definition) is 1. The van der Waals surface area contributed by atoms with Gasteiger partial charge < -0.3 is 5.32 Å². The van der Waals surface area contributed by atoms with Gasteiger partial charge in [-0.3, -0.25) is 4.39 Å². The Balaban J connectivity index is 3.00. The summed E-state index contributed by atoms with van der Waals surface area (Å²) in [5, 5.41) is 2.87. The molecule has 0 amide bonds. The van der Waals surface area contributed by atoms with E-state index in [0.717, 1.165) is 0 Å². The molecule has 0 saturated carbocycles. The average molecular weight is 201 g/mol. The monoisotopic (exact) mass is 201 g/mol. The lowest BCUT2D eigenvalue weighted by atomic mass is 10.2. The first kappa shape index (κ1) is 12.7. The standard InChI is InChI=1S/C8H15F4N/c9-5-3-7-13-6-2-1-4-8(10,11)12/h13H,1-7H2. The number of unbranched alkanes of at least 4 members (excludes halogenated alkanes) is 1. The molecule has 0 atom stereocenters. The SMILES string of the molecule is FCCCNCCCCC(F)(F)F. The predicted octanol–water partition coefficient (Wildman–Crippen LogP) is 2.67. The molecule has 0 radical (unpaired) electrons. The average Bonchev–Trinajstić information content (AvgIpc) is 2.01. The molecule has 0 spiro atoms. The molecular formula is C8H15F4N. The third-order valence-corrected chi connectivity index (χ3v) is 1.55. The second kappa shape index (κ2) is 7.12. The molecule has 0 unspecified atom stereocenters. The second-order valence-corrected chi connectivity index (χ2v) is 2.86. The fraction of sp³-hybridized carbons (Fsp3) is 1.00. The van der Waals surface area contributed by atoms with Crippen LogP contribution in [0.2, 0.25) is 0 Å². The molecule has 0 saturated heterocycles. The van der Waals surface area contributed by atoms with E-state index in [9.17, 15) is 17.6 Å². The lowest BCUT2D eigenvalue weighted by Crippen LogP contribution is -2.17. The van der Waals surface area contributed by atoms with Gasteiger partial charge in [0.1, 0.15) is 0 Å². The van der Waals surface area contributed by atoms with Crippen LogP contribution in [0, 0.1) is 0 Å². The first-order valence-electron chi connectivity index (χ1n) is 4.39. The molecule has 0 aliphatic rings. The zero-order valence-corrected chi connectivity index (χ0v) is 7.46. The number of nitrogens with one attached hydrogen (secondary N) is 1. The van der Waals surface area contributed by atoms with Crippen LogP contribution in [-0.2, 0) is 0 Å². The third kappa shape index (κ3) is 11.7. The minimum atomic E-state index is -4.04. The molecule has 0 aliphatic heterocycles. The van der Waals surface area contributed by atoms with Crippen molar-refractivity contribution in [2.75, 3.05) is 19.8 Å². The van der Waals surface area contributed by atoms with Crippen molar-refractivity contribution in [3.8, 4) is 0 Å². The summed E-state index contributed by atoms with van der Waals surface area (Å²) < 4.78 is 46.4. The summed E-state index contributed by atoms with van der Waals surface area (Å²) in [6.07, 6.45) is -3.70. The highest BCUT2D eigenvalue weighted by atomic mass is 19.4. The van der Waals surface area contributed by atoms with Gasteiger partial charge in [0, 0.05) is 6.42 Å². The van der Waals surface area contributed by atoms with E-state index in [2.05, 4.69) is 5.32 Å². The Morgan fingerprint density at radius 1 is 0.923 bits per heavy atom. The Morgan fingerprint density at radius 3 is 2.08 bits per heavy atom. The van der Waals surface area contributed by atoms with Gasteiger partial charge in [-0.2, -0.15) is 13.2 Å². The van der Waals surface area contributed by atoms with Crippen LogP contribution in [0.4, 0.5) is 17.6 Å². The highest BCUT2D eigenvalue weighted by Crippen LogP contribution is 2.21. The Hall–Kier alpha value is -0.320. The van der Waals surface area contributed by atoms with Crippen LogP contribution in [0.15, 0.2) is 0 Å². The molecule has 1 nitrogen and oxygen atoms in total. The summed E-state index contributed by atoms with van der Waals surface area (Å²) in [5.74, 6) is 0. The largest absolute Gasteiger partial charge is 0.389 e. The van der Waals surface area contributed by atoms with Gasteiger partial charge in [0.15, 0.2) is 0 Å². The van der Waals surface area contributed by atoms with E-state index >= 15 is 0 Å². The first-order valence-corrected chi connectivity index (χ1v) is 4.39. The van der Waals surface area contributed by atoms with E-state index < -0.39 is 12.6 Å². The summed E-state index contributed by atoms with van der Waals surface area (Å²) in [5.41, 5.74) is 0. The predicted molar refractivity (Wildman–Crippen MR) is 43.4 cm³/mol. The van der Waals surface area contributed by atoms with Crippen molar-refractivity contribution < 1.29 is 17.6 Å². The molecule has 0 bridgehead atoms. The van der Waals surface area contributed by atoms with Crippen molar-refractivity contribution in [2.24, 2.45) is 0 Å². The molecule has 0 heterocycles. The second-order valence-electron chi connectivity index (χ2n) is 2.86. The fourth-order valence-corrected chi connectivity index (χ4v) is 0.892. The lowest BCUT2D eigenvalue weighted by molar-refractivity contribution is -0.135. The van der Waals surface area contributed by atoms with Crippen molar-refractivity contribution in [3.63, 3.8) is 0 Å². The molecule has 80 valence electrons. The minimum Gasteiger partial charge on any atom is -0.317 e.